The summed E-state index contributed by atoms with van der Waals surface area (Å²) in [5, 5.41) is 4.20. The van der Waals surface area contributed by atoms with Crippen molar-refractivity contribution in [3.8, 4) is 5.75 Å². The van der Waals surface area contributed by atoms with Gasteiger partial charge in [-0.25, -0.2) is 4.79 Å². The summed E-state index contributed by atoms with van der Waals surface area (Å²) in [6, 6.07) is 5.89. The van der Waals surface area contributed by atoms with E-state index < -0.39 is 0 Å². The lowest BCUT2D eigenvalue weighted by Crippen LogP contribution is -2.38. The maximum Gasteiger partial charge on any atom is 0.326 e. The molecule has 0 saturated carbocycles. The van der Waals surface area contributed by atoms with E-state index in [2.05, 4.69) is 35.3 Å². The smallest absolute Gasteiger partial charge is 0.326 e. The first-order valence-electron chi connectivity index (χ1n) is 9.92. The Bertz CT molecular complexity index is 763. The summed E-state index contributed by atoms with van der Waals surface area (Å²) in [7, 11) is 5.78. The Morgan fingerprint density at radius 1 is 1.22 bits per heavy atom. The number of aromatic nitrogens is 1. The van der Waals surface area contributed by atoms with Crippen LogP contribution in [0.2, 0.25) is 0 Å². The molecule has 1 N–H and O–H groups in total. The predicted octanol–water partition coefficient (Wildman–Crippen LogP) is 2.80. The number of hydrogen-bond acceptors (Lipinski definition) is 4. The van der Waals surface area contributed by atoms with Crippen molar-refractivity contribution in [1.29, 1.82) is 0 Å². The number of methoxy groups -OCH3 is 1. The van der Waals surface area contributed by atoms with E-state index in [0.29, 0.717) is 6.54 Å². The lowest BCUT2D eigenvalue weighted by molar-refractivity contribution is 0.221. The van der Waals surface area contributed by atoms with Crippen molar-refractivity contribution in [2.75, 3.05) is 53.9 Å². The topological polar surface area (TPSA) is 49.7 Å². The first-order valence-corrected chi connectivity index (χ1v) is 9.92. The van der Waals surface area contributed by atoms with Crippen LogP contribution in [0.5, 0.6) is 5.75 Å². The van der Waals surface area contributed by atoms with Gasteiger partial charge >= 0.3 is 6.03 Å². The van der Waals surface area contributed by atoms with Crippen LogP contribution in [-0.2, 0) is 6.42 Å². The van der Waals surface area contributed by atoms with Gasteiger partial charge in [0.25, 0.3) is 0 Å². The number of nitrogens with zero attached hydrogens (tertiary/aromatic N) is 3. The van der Waals surface area contributed by atoms with Gasteiger partial charge in [0, 0.05) is 37.3 Å². The molecule has 1 aliphatic rings. The van der Waals surface area contributed by atoms with Crippen molar-refractivity contribution in [2.24, 2.45) is 0 Å². The SMILES string of the molecule is COc1ccc2c(CCN(C)C)cn(C(=O)NCCN3CCCCC3)c2c1. The number of benzene rings is 1. The van der Waals surface area contributed by atoms with E-state index in [1.54, 1.807) is 11.7 Å². The maximum absolute atomic E-state index is 12.8. The fourth-order valence-corrected chi connectivity index (χ4v) is 3.70. The third-order valence-corrected chi connectivity index (χ3v) is 5.30. The Kier molecular flexibility index (Phi) is 6.74. The summed E-state index contributed by atoms with van der Waals surface area (Å²) >= 11 is 0. The number of likely N-dealkylation sites (tertiary alicyclic amines) is 1. The molecule has 27 heavy (non-hydrogen) atoms. The van der Waals surface area contributed by atoms with Gasteiger partial charge in [-0.05, 0) is 64.1 Å². The third-order valence-electron chi connectivity index (χ3n) is 5.30. The second-order valence-electron chi connectivity index (χ2n) is 7.59. The minimum absolute atomic E-state index is 0.0682. The molecule has 0 radical (unpaired) electrons. The standard InChI is InChI=1S/C21H32N4O2/c1-23(2)13-9-17-16-25(20-15-18(27-3)7-8-19(17)20)21(26)22-10-14-24-11-5-4-6-12-24/h7-8,15-16H,4-6,9-14H2,1-3H3,(H,22,26). The number of hydrogen-bond donors (Lipinski definition) is 1. The summed E-state index contributed by atoms with van der Waals surface area (Å²) in [5.74, 6) is 0.766. The number of fused-ring (bicyclic) bond motifs is 1. The molecule has 1 aromatic carbocycles. The zero-order chi connectivity index (χ0) is 19.2. The van der Waals surface area contributed by atoms with Crippen LogP contribution >= 0.6 is 0 Å². The average molecular weight is 373 g/mol. The minimum atomic E-state index is -0.0682. The van der Waals surface area contributed by atoms with Gasteiger partial charge in [0.1, 0.15) is 5.75 Å². The molecule has 1 fully saturated rings. The summed E-state index contributed by atoms with van der Waals surface area (Å²) in [4.78, 5) is 17.4. The van der Waals surface area contributed by atoms with Gasteiger partial charge in [-0.1, -0.05) is 6.42 Å². The number of carbonyl (C=O) groups excluding carboxylic acids is 1. The highest BCUT2D eigenvalue weighted by Crippen LogP contribution is 2.26. The van der Waals surface area contributed by atoms with Crippen LogP contribution < -0.4 is 10.1 Å². The zero-order valence-electron chi connectivity index (χ0n) is 16.8. The van der Waals surface area contributed by atoms with Crippen molar-refractivity contribution in [1.82, 2.24) is 19.7 Å². The van der Waals surface area contributed by atoms with Gasteiger partial charge in [-0.2, -0.15) is 0 Å². The van der Waals surface area contributed by atoms with Gasteiger partial charge in [-0.3, -0.25) is 4.57 Å². The van der Waals surface area contributed by atoms with Crippen LogP contribution in [0, 0.1) is 0 Å². The molecule has 0 spiro atoms. The number of rotatable bonds is 7. The van der Waals surface area contributed by atoms with Crippen LogP contribution in [0.4, 0.5) is 4.79 Å². The van der Waals surface area contributed by atoms with E-state index in [1.165, 1.54) is 24.8 Å². The van der Waals surface area contributed by atoms with E-state index in [-0.39, 0.29) is 6.03 Å². The highest BCUT2D eigenvalue weighted by Gasteiger charge is 2.15. The van der Waals surface area contributed by atoms with Gasteiger partial charge in [-0.15, -0.1) is 0 Å². The molecule has 1 amide bonds. The Balaban J connectivity index is 1.73. The number of likely N-dealkylation sites (N-methyl/N-ethyl adjacent to an activating group) is 1. The minimum Gasteiger partial charge on any atom is -0.497 e. The Labute approximate surface area is 162 Å². The number of carbonyl (C=O) groups is 1. The Hall–Kier alpha value is -2.05. The van der Waals surface area contributed by atoms with Crippen LogP contribution in [-0.4, -0.2) is 74.3 Å². The lowest BCUT2D eigenvalue weighted by atomic mass is 10.1. The van der Waals surface area contributed by atoms with Crippen molar-refractivity contribution < 1.29 is 9.53 Å². The van der Waals surface area contributed by atoms with Crippen molar-refractivity contribution in [3.05, 3.63) is 30.0 Å². The number of nitrogens with one attached hydrogen (secondary N) is 1. The zero-order valence-corrected chi connectivity index (χ0v) is 16.8. The summed E-state index contributed by atoms with van der Waals surface area (Å²) in [6.45, 7) is 4.83. The monoisotopic (exact) mass is 372 g/mol. The quantitative estimate of drug-likeness (QED) is 0.812. The van der Waals surface area contributed by atoms with Crippen molar-refractivity contribution in [2.45, 2.75) is 25.7 Å². The molecule has 6 nitrogen and oxygen atoms in total. The van der Waals surface area contributed by atoms with Crippen LogP contribution in [0.25, 0.3) is 10.9 Å². The Morgan fingerprint density at radius 3 is 2.70 bits per heavy atom. The molecule has 2 aromatic rings. The molecule has 0 unspecified atom stereocenters. The normalized spacial score (nSPS) is 15.4. The summed E-state index contributed by atoms with van der Waals surface area (Å²) < 4.78 is 7.10. The largest absolute Gasteiger partial charge is 0.497 e. The molecule has 1 aliphatic heterocycles. The number of ether oxygens (including phenoxy) is 1. The fourth-order valence-electron chi connectivity index (χ4n) is 3.70. The lowest BCUT2D eigenvalue weighted by Gasteiger charge is -2.26. The fraction of sp³-hybridized carbons (Fsp3) is 0.571. The molecule has 1 aromatic heterocycles. The van der Waals surface area contributed by atoms with E-state index in [4.69, 9.17) is 4.74 Å². The molecule has 1 saturated heterocycles. The number of piperidine rings is 1. The summed E-state index contributed by atoms with van der Waals surface area (Å²) in [5.41, 5.74) is 2.09. The van der Waals surface area contributed by atoms with E-state index >= 15 is 0 Å². The van der Waals surface area contributed by atoms with E-state index in [9.17, 15) is 4.79 Å². The van der Waals surface area contributed by atoms with Gasteiger partial charge in [0.15, 0.2) is 0 Å². The van der Waals surface area contributed by atoms with Crippen LogP contribution in [0.1, 0.15) is 24.8 Å². The van der Waals surface area contributed by atoms with E-state index in [1.807, 2.05) is 18.3 Å². The van der Waals surface area contributed by atoms with Gasteiger partial charge < -0.3 is 19.9 Å². The molecule has 2 heterocycles. The molecule has 0 atom stereocenters. The Morgan fingerprint density at radius 2 is 2.00 bits per heavy atom. The first kappa shape index (κ1) is 19.7. The predicted molar refractivity (Wildman–Crippen MR) is 110 cm³/mol. The van der Waals surface area contributed by atoms with Gasteiger partial charge in [0.2, 0.25) is 0 Å². The highest BCUT2D eigenvalue weighted by molar-refractivity contribution is 5.94. The first-order chi connectivity index (χ1) is 13.1. The average Bonchev–Trinajstić information content (AvgIpc) is 3.05. The van der Waals surface area contributed by atoms with Crippen molar-refractivity contribution in [3.63, 3.8) is 0 Å². The van der Waals surface area contributed by atoms with Gasteiger partial charge in [0.05, 0.1) is 12.6 Å². The van der Waals surface area contributed by atoms with Crippen LogP contribution in [0.3, 0.4) is 0 Å². The second-order valence-corrected chi connectivity index (χ2v) is 7.59. The maximum atomic E-state index is 12.8. The van der Waals surface area contributed by atoms with E-state index in [0.717, 1.165) is 49.3 Å². The van der Waals surface area contributed by atoms with Crippen molar-refractivity contribution >= 4 is 16.9 Å². The number of amides is 1. The van der Waals surface area contributed by atoms with Crippen LogP contribution in [0.15, 0.2) is 24.4 Å². The molecule has 3 rings (SSSR count). The molecule has 0 aliphatic carbocycles. The highest BCUT2D eigenvalue weighted by atomic mass is 16.5. The second kappa shape index (κ2) is 9.24. The summed E-state index contributed by atoms with van der Waals surface area (Å²) in [6.07, 6.45) is 6.75. The molecule has 148 valence electrons. The third kappa shape index (κ3) is 5.02. The molecule has 6 heteroatoms. The molecular formula is C21H32N4O2. The molecule has 0 bridgehead atoms. The molecular weight excluding hydrogens is 340 g/mol.